The second-order valence-electron chi connectivity index (χ2n) is 5.07. The number of hydrogen-bond donors (Lipinski definition) is 1. The van der Waals surface area contributed by atoms with E-state index < -0.39 is 0 Å². The summed E-state index contributed by atoms with van der Waals surface area (Å²) in [6.45, 7) is 2.81. The van der Waals surface area contributed by atoms with Crippen LogP contribution >= 0.6 is 12.6 Å². The summed E-state index contributed by atoms with van der Waals surface area (Å²) < 4.78 is 14.9. The average Bonchev–Trinajstić information content (AvgIpc) is 2.50. The number of nitrogens with zero attached hydrogens (tertiary/aromatic N) is 1. The lowest BCUT2D eigenvalue weighted by molar-refractivity contribution is 0.589. The maximum Gasteiger partial charge on any atom is 0.255 e. The molecule has 0 radical (unpaired) electrons. The van der Waals surface area contributed by atoms with Gasteiger partial charge in [-0.2, -0.15) is 12.6 Å². The molecule has 21 heavy (non-hydrogen) atoms. The highest BCUT2D eigenvalue weighted by atomic mass is 32.1. The second-order valence-corrected chi connectivity index (χ2v) is 5.39. The van der Waals surface area contributed by atoms with Gasteiger partial charge in [-0.05, 0) is 42.3 Å². The molecule has 2 aromatic rings. The fourth-order valence-electron chi connectivity index (χ4n) is 2.36. The van der Waals surface area contributed by atoms with Crippen molar-refractivity contribution in [3.63, 3.8) is 0 Å². The molecule has 0 N–H and O–H groups in total. The molecule has 2 nitrogen and oxygen atoms in total. The Morgan fingerprint density at radius 1 is 1.10 bits per heavy atom. The summed E-state index contributed by atoms with van der Waals surface area (Å²) in [7, 11) is 0. The minimum Gasteiger partial charge on any atom is -0.308 e. The molecule has 1 aromatic carbocycles. The van der Waals surface area contributed by atoms with Gasteiger partial charge in [-0.3, -0.25) is 4.79 Å². The number of thiol groups is 1. The standard InChI is InChI=1S/C17H20FNOS/c1-2-3-4-11-19-16(10-7-14(12-21)17(19)20)13-5-8-15(18)9-6-13/h5-10,21H,2-4,11-12H2,1H3. The zero-order valence-corrected chi connectivity index (χ0v) is 13.1. The van der Waals surface area contributed by atoms with Crippen LogP contribution in [0.5, 0.6) is 0 Å². The minimum absolute atomic E-state index is 0.00271. The van der Waals surface area contributed by atoms with Gasteiger partial charge < -0.3 is 4.57 Å². The van der Waals surface area contributed by atoms with Crippen LogP contribution in [0.25, 0.3) is 11.3 Å². The van der Waals surface area contributed by atoms with E-state index in [9.17, 15) is 9.18 Å². The van der Waals surface area contributed by atoms with Crippen LogP contribution in [-0.4, -0.2) is 4.57 Å². The van der Waals surface area contributed by atoms with Gasteiger partial charge in [0.15, 0.2) is 0 Å². The molecule has 0 saturated heterocycles. The van der Waals surface area contributed by atoms with Gasteiger partial charge in [0, 0.05) is 17.9 Å². The third-order valence-corrected chi connectivity index (χ3v) is 3.89. The fraction of sp³-hybridized carbons (Fsp3) is 0.353. The highest BCUT2D eigenvalue weighted by Crippen LogP contribution is 2.20. The van der Waals surface area contributed by atoms with E-state index in [4.69, 9.17) is 0 Å². The molecule has 0 atom stereocenters. The quantitative estimate of drug-likeness (QED) is 0.624. The van der Waals surface area contributed by atoms with Crippen molar-refractivity contribution in [2.24, 2.45) is 0 Å². The van der Waals surface area contributed by atoms with Gasteiger partial charge in [0.2, 0.25) is 0 Å². The lowest BCUT2D eigenvalue weighted by Gasteiger charge is -2.14. The van der Waals surface area contributed by atoms with E-state index in [2.05, 4.69) is 19.6 Å². The van der Waals surface area contributed by atoms with Crippen LogP contribution in [0.15, 0.2) is 41.2 Å². The molecule has 0 saturated carbocycles. The molecule has 0 fully saturated rings. The van der Waals surface area contributed by atoms with Gasteiger partial charge in [-0.25, -0.2) is 4.39 Å². The number of pyridine rings is 1. The van der Waals surface area contributed by atoms with Crippen molar-refractivity contribution in [2.45, 2.75) is 38.5 Å². The Kier molecular flexibility index (Phi) is 5.62. The number of halogens is 1. The molecule has 0 bridgehead atoms. The molecule has 0 unspecified atom stereocenters. The lowest BCUT2D eigenvalue weighted by atomic mass is 10.1. The van der Waals surface area contributed by atoms with Gasteiger partial charge in [0.05, 0.1) is 5.69 Å². The first-order valence-corrected chi connectivity index (χ1v) is 7.90. The van der Waals surface area contributed by atoms with Crippen molar-refractivity contribution >= 4 is 12.6 Å². The first-order valence-electron chi connectivity index (χ1n) is 7.27. The largest absolute Gasteiger partial charge is 0.308 e. The van der Waals surface area contributed by atoms with Crippen LogP contribution in [0.3, 0.4) is 0 Å². The molecule has 2 rings (SSSR count). The maximum atomic E-state index is 13.1. The summed E-state index contributed by atoms with van der Waals surface area (Å²) in [5, 5.41) is 0. The Bertz CT molecular complexity index is 649. The van der Waals surface area contributed by atoms with Crippen molar-refractivity contribution in [2.75, 3.05) is 0 Å². The van der Waals surface area contributed by atoms with Crippen molar-refractivity contribution in [1.82, 2.24) is 4.57 Å². The summed E-state index contributed by atoms with van der Waals surface area (Å²) in [5.41, 5.74) is 2.39. The molecule has 1 aromatic heterocycles. The molecule has 0 aliphatic rings. The SMILES string of the molecule is CCCCCn1c(-c2ccc(F)cc2)ccc(CS)c1=O. The van der Waals surface area contributed by atoms with Gasteiger partial charge in [-0.1, -0.05) is 25.8 Å². The third-order valence-electron chi connectivity index (χ3n) is 3.55. The van der Waals surface area contributed by atoms with Gasteiger partial charge in [0.1, 0.15) is 5.82 Å². The molecule has 1 heterocycles. The Labute approximate surface area is 130 Å². The monoisotopic (exact) mass is 305 g/mol. The second kappa shape index (κ2) is 7.46. The fourth-order valence-corrected chi connectivity index (χ4v) is 2.60. The van der Waals surface area contributed by atoms with Crippen LogP contribution in [0.4, 0.5) is 4.39 Å². The molecule has 4 heteroatoms. The number of rotatable bonds is 6. The van der Waals surface area contributed by atoms with Crippen molar-refractivity contribution in [3.05, 3.63) is 58.1 Å². The number of benzene rings is 1. The zero-order chi connectivity index (χ0) is 15.2. The first kappa shape index (κ1) is 15.8. The van der Waals surface area contributed by atoms with E-state index in [1.165, 1.54) is 12.1 Å². The van der Waals surface area contributed by atoms with E-state index in [0.29, 0.717) is 17.9 Å². The van der Waals surface area contributed by atoms with Crippen LogP contribution in [0.1, 0.15) is 31.7 Å². The Balaban J connectivity index is 2.46. The molecule has 0 spiro atoms. The molecule has 0 aliphatic carbocycles. The third kappa shape index (κ3) is 3.76. The van der Waals surface area contributed by atoms with E-state index in [-0.39, 0.29) is 11.4 Å². The highest BCUT2D eigenvalue weighted by molar-refractivity contribution is 7.79. The maximum absolute atomic E-state index is 13.1. The minimum atomic E-state index is -0.273. The Morgan fingerprint density at radius 3 is 2.43 bits per heavy atom. The zero-order valence-electron chi connectivity index (χ0n) is 12.2. The molecule has 112 valence electrons. The molecular weight excluding hydrogens is 285 g/mol. The van der Waals surface area contributed by atoms with Crippen LogP contribution in [0.2, 0.25) is 0 Å². The van der Waals surface area contributed by atoms with Gasteiger partial charge in [-0.15, -0.1) is 0 Å². The first-order chi connectivity index (χ1) is 10.2. The van der Waals surface area contributed by atoms with E-state index in [1.807, 2.05) is 12.1 Å². The summed E-state index contributed by atoms with van der Waals surface area (Å²) in [6, 6.07) is 9.99. The Morgan fingerprint density at radius 2 is 1.81 bits per heavy atom. The van der Waals surface area contributed by atoms with Gasteiger partial charge in [0.25, 0.3) is 5.56 Å². The molecule has 0 amide bonds. The van der Waals surface area contributed by atoms with E-state index in [1.54, 1.807) is 16.7 Å². The normalized spacial score (nSPS) is 10.8. The van der Waals surface area contributed by atoms with E-state index in [0.717, 1.165) is 30.5 Å². The molecular formula is C17H20FNOS. The van der Waals surface area contributed by atoms with Crippen LogP contribution < -0.4 is 5.56 Å². The summed E-state index contributed by atoms with van der Waals surface area (Å²) in [4.78, 5) is 12.5. The van der Waals surface area contributed by atoms with Crippen LogP contribution in [0, 0.1) is 5.82 Å². The summed E-state index contributed by atoms with van der Waals surface area (Å²) in [6.07, 6.45) is 3.15. The molecule has 0 aliphatic heterocycles. The number of hydrogen-bond acceptors (Lipinski definition) is 2. The number of aromatic nitrogens is 1. The van der Waals surface area contributed by atoms with Crippen molar-refractivity contribution in [1.29, 1.82) is 0 Å². The van der Waals surface area contributed by atoms with Crippen LogP contribution in [-0.2, 0) is 12.3 Å². The van der Waals surface area contributed by atoms with Gasteiger partial charge >= 0.3 is 0 Å². The summed E-state index contributed by atoms with van der Waals surface area (Å²) >= 11 is 4.21. The van der Waals surface area contributed by atoms with Crippen molar-refractivity contribution < 1.29 is 4.39 Å². The predicted molar refractivity (Wildman–Crippen MR) is 88.3 cm³/mol. The smallest absolute Gasteiger partial charge is 0.255 e. The number of unbranched alkanes of at least 4 members (excludes halogenated alkanes) is 2. The average molecular weight is 305 g/mol. The predicted octanol–water partition coefficient (Wildman–Crippen LogP) is 4.27. The highest BCUT2D eigenvalue weighted by Gasteiger charge is 2.09. The summed E-state index contributed by atoms with van der Waals surface area (Å²) in [5.74, 6) is 0.154. The topological polar surface area (TPSA) is 22.0 Å². The lowest BCUT2D eigenvalue weighted by Crippen LogP contribution is -2.24. The Hall–Kier alpha value is -1.55. The van der Waals surface area contributed by atoms with Crippen molar-refractivity contribution in [3.8, 4) is 11.3 Å². The van der Waals surface area contributed by atoms with E-state index >= 15 is 0 Å².